The summed E-state index contributed by atoms with van der Waals surface area (Å²) in [6.07, 6.45) is -4.52. The molecule has 2 aromatic carbocycles. The zero-order valence-electron chi connectivity index (χ0n) is 17.7. The zero-order chi connectivity index (χ0) is 23.6. The van der Waals surface area contributed by atoms with Gasteiger partial charge in [-0.15, -0.1) is 10.2 Å². The van der Waals surface area contributed by atoms with Gasteiger partial charge >= 0.3 is 6.18 Å². The Bertz CT molecular complexity index is 1210. The van der Waals surface area contributed by atoms with Crippen molar-refractivity contribution in [3.8, 4) is 17.0 Å². The number of halogens is 3. The van der Waals surface area contributed by atoms with Gasteiger partial charge in [0, 0.05) is 31.7 Å². The van der Waals surface area contributed by atoms with Gasteiger partial charge in [-0.05, 0) is 48.5 Å². The number of sulfonamides is 1. The first-order chi connectivity index (χ1) is 15.7. The molecule has 1 aliphatic heterocycles. The minimum absolute atomic E-state index is 0.162. The molecule has 0 bridgehead atoms. The average molecular weight is 478 g/mol. The number of ether oxygens (including phenoxy) is 1. The van der Waals surface area contributed by atoms with Crippen molar-refractivity contribution >= 4 is 15.8 Å². The molecule has 2 heterocycles. The van der Waals surface area contributed by atoms with Crippen LogP contribution < -0.4 is 9.64 Å². The normalized spacial score (nSPS) is 15.5. The molecule has 0 spiro atoms. The predicted molar refractivity (Wildman–Crippen MR) is 116 cm³/mol. The molecule has 0 radical (unpaired) electrons. The van der Waals surface area contributed by atoms with Gasteiger partial charge < -0.3 is 9.64 Å². The molecular weight excluding hydrogens is 457 g/mol. The summed E-state index contributed by atoms with van der Waals surface area (Å²) in [5, 5.41) is 8.56. The lowest BCUT2D eigenvalue weighted by Crippen LogP contribution is -2.49. The molecular formula is C22H21F3N4O3S. The van der Waals surface area contributed by atoms with Crippen LogP contribution in [-0.4, -0.2) is 56.2 Å². The molecule has 4 rings (SSSR count). The number of alkyl halides is 3. The number of hydrogen-bond donors (Lipinski definition) is 0. The van der Waals surface area contributed by atoms with E-state index < -0.39 is 21.8 Å². The molecule has 1 aromatic heterocycles. The van der Waals surface area contributed by atoms with Crippen molar-refractivity contribution in [3.05, 3.63) is 66.2 Å². The lowest BCUT2D eigenvalue weighted by Gasteiger charge is -2.34. The number of anilines is 1. The van der Waals surface area contributed by atoms with E-state index in [4.69, 9.17) is 4.74 Å². The van der Waals surface area contributed by atoms with E-state index in [1.165, 1.54) is 4.31 Å². The third-order valence-corrected chi connectivity index (χ3v) is 7.33. The first-order valence-corrected chi connectivity index (χ1v) is 11.5. The highest BCUT2D eigenvalue weighted by Crippen LogP contribution is 2.31. The van der Waals surface area contributed by atoms with Crippen LogP contribution in [0.15, 0.2) is 65.6 Å². The molecule has 1 saturated heterocycles. The maximum absolute atomic E-state index is 12.8. The highest BCUT2D eigenvalue weighted by Gasteiger charge is 2.32. The molecule has 174 valence electrons. The average Bonchev–Trinajstić information content (AvgIpc) is 2.84. The third kappa shape index (κ3) is 4.79. The summed E-state index contributed by atoms with van der Waals surface area (Å²) in [6.45, 7) is 1.11. The van der Waals surface area contributed by atoms with E-state index in [0.29, 0.717) is 30.4 Å². The Hall–Kier alpha value is -3.18. The number of nitrogens with zero attached hydrogens (tertiary/aromatic N) is 4. The summed E-state index contributed by atoms with van der Waals surface area (Å²) >= 11 is 0. The van der Waals surface area contributed by atoms with E-state index in [1.54, 1.807) is 7.11 Å². The molecule has 0 aliphatic carbocycles. The monoisotopic (exact) mass is 478 g/mol. The third-order valence-electron chi connectivity index (χ3n) is 5.42. The van der Waals surface area contributed by atoms with Crippen LogP contribution in [0, 0.1) is 0 Å². The summed E-state index contributed by atoms with van der Waals surface area (Å²) in [5.41, 5.74) is 0.577. The molecule has 11 heteroatoms. The Morgan fingerprint density at radius 3 is 2.12 bits per heavy atom. The minimum Gasteiger partial charge on any atom is -0.496 e. The van der Waals surface area contributed by atoms with Crippen LogP contribution in [0.25, 0.3) is 11.3 Å². The van der Waals surface area contributed by atoms with Crippen molar-refractivity contribution in [2.45, 2.75) is 11.1 Å². The lowest BCUT2D eigenvalue weighted by molar-refractivity contribution is -0.137. The van der Waals surface area contributed by atoms with Crippen LogP contribution in [-0.2, 0) is 16.2 Å². The number of hydrogen-bond acceptors (Lipinski definition) is 6. The van der Waals surface area contributed by atoms with E-state index in [2.05, 4.69) is 10.2 Å². The first kappa shape index (κ1) is 23.0. The van der Waals surface area contributed by atoms with Crippen LogP contribution in [0.1, 0.15) is 5.56 Å². The summed E-state index contributed by atoms with van der Waals surface area (Å²) in [5.74, 6) is 1.29. The Balaban J connectivity index is 1.43. The van der Waals surface area contributed by atoms with Crippen LogP contribution >= 0.6 is 0 Å². The summed E-state index contributed by atoms with van der Waals surface area (Å²) in [7, 11) is -2.31. The summed E-state index contributed by atoms with van der Waals surface area (Å²) < 4.78 is 70.6. The number of para-hydroxylation sites is 1. The predicted octanol–water partition coefficient (Wildman–Crippen LogP) is 3.68. The van der Waals surface area contributed by atoms with Crippen LogP contribution in [0.5, 0.6) is 5.75 Å². The largest absolute Gasteiger partial charge is 0.496 e. The second-order valence-corrected chi connectivity index (χ2v) is 9.33. The van der Waals surface area contributed by atoms with Crippen molar-refractivity contribution in [2.24, 2.45) is 0 Å². The van der Waals surface area contributed by atoms with Crippen LogP contribution in [0.2, 0.25) is 0 Å². The molecule has 0 N–H and O–H groups in total. The van der Waals surface area contributed by atoms with E-state index in [0.717, 1.165) is 29.8 Å². The van der Waals surface area contributed by atoms with E-state index in [-0.39, 0.29) is 18.0 Å². The highest BCUT2D eigenvalue weighted by molar-refractivity contribution is 7.89. The quantitative estimate of drug-likeness (QED) is 0.557. The smallest absolute Gasteiger partial charge is 0.416 e. The molecule has 7 nitrogen and oxygen atoms in total. The van der Waals surface area contributed by atoms with Crippen LogP contribution in [0.4, 0.5) is 19.0 Å². The van der Waals surface area contributed by atoms with Crippen LogP contribution in [0.3, 0.4) is 0 Å². The van der Waals surface area contributed by atoms with Gasteiger partial charge in [-0.3, -0.25) is 0 Å². The second kappa shape index (κ2) is 8.99. The van der Waals surface area contributed by atoms with Crippen molar-refractivity contribution in [1.29, 1.82) is 0 Å². The number of piperazine rings is 1. The fourth-order valence-corrected chi connectivity index (χ4v) is 5.04. The highest BCUT2D eigenvalue weighted by atomic mass is 32.2. The van der Waals surface area contributed by atoms with E-state index in [1.807, 2.05) is 41.3 Å². The Labute approximate surface area is 189 Å². The topological polar surface area (TPSA) is 75.6 Å². The van der Waals surface area contributed by atoms with E-state index in [9.17, 15) is 21.6 Å². The fourth-order valence-electron chi connectivity index (χ4n) is 3.62. The van der Waals surface area contributed by atoms with Crippen molar-refractivity contribution < 1.29 is 26.3 Å². The standard InChI is InChI=1S/C22H21F3N4O3S/c1-32-20-5-3-2-4-18(20)19-10-11-21(27-26-19)28-12-14-29(15-13-28)33(30,31)17-8-6-16(7-9-17)22(23,24)25/h2-11H,12-15H2,1H3. The van der Waals surface area contributed by atoms with Gasteiger partial charge in [0.1, 0.15) is 5.75 Å². The number of rotatable bonds is 5. The van der Waals surface area contributed by atoms with Gasteiger partial charge in [-0.25, -0.2) is 8.42 Å². The van der Waals surface area contributed by atoms with Gasteiger partial charge in [-0.1, -0.05) is 12.1 Å². The van der Waals surface area contributed by atoms with Gasteiger partial charge in [0.2, 0.25) is 10.0 Å². The zero-order valence-corrected chi connectivity index (χ0v) is 18.5. The van der Waals surface area contributed by atoms with Crippen molar-refractivity contribution in [1.82, 2.24) is 14.5 Å². The maximum Gasteiger partial charge on any atom is 0.416 e. The Morgan fingerprint density at radius 2 is 1.55 bits per heavy atom. The molecule has 3 aromatic rings. The van der Waals surface area contributed by atoms with E-state index >= 15 is 0 Å². The van der Waals surface area contributed by atoms with Gasteiger partial charge in [0.25, 0.3) is 0 Å². The number of benzene rings is 2. The molecule has 33 heavy (non-hydrogen) atoms. The molecule has 0 unspecified atom stereocenters. The SMILES string of the molecule is COc1ccccc1-c1ccc(N2CCN(S(=O)(=O)c3ccc(C(F)(F)F)cc3)CC2)nn1. The molecule has 1 aliphatic rings. The van der Waals surface area contributed by atoms with Gasteiger partial charge in [-0.2, -0.15) is 17.5 Å². The second-order valence-electron chi connectivity index (χ2n) is 7.39. The Morgan fingerprint density at radius 1 is 0.879 bits per heavy atom. The summed E-state index contributed by atoms with van der Waals surface area (Å²) in [4.78, 5) is 1.75. The molecule has 0 amide bonds. The summed E-state index contributed by atoms with van der Waals surface area (Å²) in [6, 6.07) is 14.6. The molecule has 0 saturated carbocycles. The fraction of sp³-hybridized carbons (Fsp3) is 0.273. The Kier molecular flexibility index (Phi) is 6.26. The number of aromatic nitrogens is 2. The minimum atomic E-state index is -4.52. The van der Waals surface area contributed by atoms with Crippen molar-refractivity contribution in [2.75, 3.05) is 38.2 Å². The lowest BCUT2D eigenvalue weighted by atomic mass is 10.1. The van der Waals surface area contributed by atoms with Gasteiger partial charge in [0.05, 0.1) is 23.3 Å². The number of methoxy groups -OCH3 is 1. The van der Waals surface area contributed by atoms with Crippen molar-refractivity contribution in [3.63, 3.8) is 0 Å². The molecule has 0 atom stereocenters. The first-order valence-electron chi connectivity index (χ1n) is 10.1. The maximum atomic E-state index is 12.8. The molecule has 1 fully saturated rings. The van der Waals surface area contributed by atoms with Gasteiger partial charge in [0.15, 0.2) is 5.82 Å².